The molecule has 2 N–H and O–H groups in total. The van der Waals surface area contributed by atoms with Crippen molar-refractivity contribution in [3.05, 3.63) is 41.5 Å². The normalized spacial score (nSPS) is 13.9. The molecular weight excluding hydrogens is 350 g/mol. The van der Waals surface area contributed by atoms with E-state index in [1.165, 1.54) is 11.3 Å². The molecule has 0 unspecified atom stereocenters. The Labute approximate surface area is 140 Å². The maximum atomic E-state index is 13.1. The highest BCUT2D eigenvalue weighted by Crippen LogP contribution is 2.26. The van der Waals surface area contributed by atoms with Gasteiger partial charge in [-0.3, -0.25) is 9.78 Å². The molecule has 0 bridgehead atoms. The van der Waals surface area contributed by atoms with E-state index in [2.05, 4.69) is 10.3 Å². The van der Waals surface area contributed by atoms with Crippen molar-refractivity contribution in [1.29, 1.82) is 0 Å². The van der Waals surface area contributed by atoms with Crippen molar-refractivity contribution in [2.45, 2.75) is 17.0 Å². The Morgan fingerprint density at radius 1 is 1.36 bits per heavy atom. The summed E-state index contributed by atoms with van der Waals surface area (Å²) in [6.07, 6.45) is 0.540. The highest BCUT2D eigenvalue weighted by molar-refractivity contribution is 7.13. The van der Waals surface area contributed by atoms with E-state index in [1.807, 2.05) is 0 Å². The number of thiazole rings is 1. The van der Waals surface area contributed by atoms with Gasteiger partial charge in [0.05, 0.1) is 16.4 Å². The molecule has 0 fully saturated rings. The summed E-state index contributed by atoms with van der Waals surface area (Å²) in [5, 5.41) is 12.5. The summed E-state index contributed by atoms with van der Waals surface area (Å²) in [6.45, 7) is -0.940. The second-order valence-corrected chi connectivity index (χ2v) is 6.49. The molecule has 0 saturated carbocycles. The first-order valence-corrected chi connectivity index (χ1v) is 8.09. The predicted molar refractivity (Wildman–Crippen MR) is 85.9 cm³/mol. The highest BCUT2D eigenvalue weighted by atomic mass is 35.5. The van der Waals surface area contributed by atoms with E-state index < -0.39 is 29.6 Å². The molecule has 22 heavy (non-hydrogen) atoms. The Morgan fingerprint density at radius 2 is 2.05 bits per heavy atom. The maximum Gasteiger partial charge on any atom is 0.253 e. The van der Waals surface area contributed by atoms with Crippen LogP contribution in [-0.2, 0) is 4.79 Å². The fourth-order valence-electron chi connectivity index (χ4n) is 1.88. The van der Waals surface area contributed by atoms with Crippen LogP contribution in [-0.4, -0.2) is 33.6 Å². The quantitative estimate of drug-likeness (QED) is 0.776. The number of carbonyl (C=O) groups is 1. The van der Waals surface area contributed by atoms with Crippen LogP contribution in [0.3, 0.4) is 0 Å². The van der Waals surface area contributed by atoms with Gasteiger partial charge in [0.2, 0.25) is 0 Å². The SMILES string of the molecule is O=C(N[C@H](CF)[C@H](O)c1ccc(-c2cncs2)cc1)C(Cl)Cl. The minimum atomic E-state index is -1.31. The fraction of sp³-hybridized carbons (Fsp3) is 0.286. The van der Waals surface area contributed by atoms with Crippen LogP contribution >= 0.6 is 34.5 Å². The Morgan fingerprint density at radius 3 is 2.55 bits per heavy atom. The van der Waals surface area contributed by atoms with Gasteiger partial charge in [0.1, 0.15) is 12.8 Å². The lowest BCUT2D eigenvalue weighted by molar-refractivity contribution is -0.121. The molecule has 0 radical (unpaired) electrons. The van der Waals surface area contributed by atoms with Gasteiger partial charge in [0.15, 0.2) is 4.84 Å². The van der Waals surface area contributed by atoms with Crippen molar-refractivity contribution in [2.75, 3.05) is 6.67 Å². The largest absolute Gasteiger partial charge is 0.386 e. The van der Waals surface area contributed by atoms with E-state index in [1.54, 1.807) is 36.0 Å². The minimum Gasteiger partial charge on any atom is -0.386 e. The van der Waals surface area contributed by atoms with Crippen LogP contribution in [0.4, 0.5) is 4.39 Å². The van der Waals surface area contributed by atoms with E-state index in [-0.39, 0.29) is 0 Å². The molecule has 0 aliphatic carbocycles. The number of hydrogen-bond acceptors (Lipinski definition) is 4. The van der Waals surface area contributed by atoms with Crippen LogP contribution < -0.4 is 5.32 Å². The summed E-state index contributed by atoms with van der Waals surface area (Å²) in [6, 6.07) is 5.84. The zero-order valence-electron chi connectivity index (χ0n) is 11.2. The van der Waals surface area contributed by atoms with Gasteiger partial charge in [0, 0.05) is 6.20 Å². The molecule has 0 aliphatic rings. The smallest absolute Gasteiger partial charge is 0.253 e. The summed E-state index contributed by atoms with van der Waals surface area (Å²) < 4.78 is 13.1. The third-order valence-corrected chi connectivity index (χ3v) is 4.26. The number of aliphatic hydroxyl groups is 1. The van der Waals surface area contributed by atoms with Gasteiger partial charge in [-0.1, -0.05) is 47.5 Å². The molecule has 0 spiro atoms. The molecule has 1 heterocycles. The first-order chi connectivity index (χ1) is 10.5. The van der Waals surface area contributed by atoms with Gasteiger partial charge in [-0.05, 0) is 11.1 Å². The molecule has 1 aromatic heterocycles. The molecule has 1 amide bonds. The molecule has 8 heteroatoms. The number of benzene rings is 1. The minimum absolute atomic E-state index is 0.483. The van der Waals surface area contributed by atoms with Gasteiger partial charge in [0.25, 0.3) is 5.91 Å². The summed E-state index contributed by atoms with van der Waals surface area (Å²) in [5.74, 6) is -0.744. The average molecular weight is 363 g/mol. The van der Waals surface area contributed by atoms with Crippen LogP contribution in [0.25, 0.3) is 10.4 Å². The predicted octanol–water partition coefficient (Wildman–Crippen LogP) is 3.10. The Bertz CT molecular complexity index is 608. The first-order valence-electron chi connectivity index (χ1n) is 6.34. The van der Waals surface area contributed by atoms with Gasteiger partial charge in [-0.25, -0.2) is 4.39 Å². The van der Waals surface area contributed by atoms with Crippen molar-refractivity contribution < 1.29 is 14.3 Å². The van der Waals surface area contributed by atoms with Crippen LogP contribution in [0, 0.1) is 0 Å². The number of aromatic nitrogens is 1. The summed E-state index contributed by atoms with van der Waals surface area (Å²) in [7, 11) is 0. The van der Waals surface area contributed by atoms with Crippen molar-refractivity contribution in [3.63, 3.8) is 0 Å². The highest BCUT2D eigenvalue weighted by Gasteiger charge is 2.25. The topological polar surface area (TPSA) is 62.2 Å². The molecule has 2 rings (SSSR count). The van der Waals surface area contributed by atoms with Gasteiger partial charge in [-0.2, -0.15) is 0 Å². The molecule has 4 nitrogen and oxygen atoms in total. The zero-order valence-corrected chi connectivity index (χ0v) is 13.6. The van der Waals surface area contributed by atoms with E-state index in [4.69, 9.17) is 23.2 Å². The lowest BCUT2D eigenvalue weighted by atomic mass is 10.0. The number of carbonyl (C=O) groups excluding carboxylic acids is 1. The Balaban J connectivity index is 2.10. The van der Waals surface area contributed by atoms with Crippen LogP contribution in [0.1, 0.15) is 11.7 Å². The monoisotopic (exact) mass is 362 g/mol. The second-order valence-electron chi connectivity index (χ2n) is 4.50. The van der Waals surface area contributed by atoms with Crippen molar-refractivity contribution in [3.8, 4) is 10.4 Å². The number of alkyl halides is 3. The van der Waals surface area contributed by atoms with E-state index >= 15 is 0 Å². The summed E-state index contributed by atoms with van der Waals surface area (Å²) in [4.78, 5) is 15.1. The molecular formula is C14H13Cl2FN2O2S. The standard InChI is InChI=1S/C14H13Cl2FN2O2S/c15-13(16)14(21)19-10(5-17)12(20)9-3-1-8(2-4-9)11-6-18-7-22-11/h1-4,6-7,10,12-13,20H,5H2,(H,19,21)/t10-,12-/m1/s1. The van der Waals surface area contributed by atoms with Crippen LogP contribution in [0.5, 0.6) is 0 Å². The number of hydrogen-bond donors (Lipinski definition) is 2. The van der Waals surface area contributed by atoms with E-state index in [0.29, 0.717) is 5.56 Å². The number of rotatable bonds is 6. The van der Waals surface area contributed by atoms with Gasteiger partial charge < -0.3 is 10.4 Å². The number of halogens is 3. The lowest BCUT2D eigenvalue weighted by Crippen LogP contribution is -2.43. The summed E-state index contributed by atoms with van der Waals surface area (Å²) >= 11 is 12.3. The lowest BCUT2D eigenvalue weighted by Gasteiger charge is -2.22. The molecule has 2 aromatic rings. The zero-order chi connectivity index (χ0) is 16.1. The van der Waals surface area contributed by atoms with Crippen molar-refractivity contribution in [1.82, 2.24) is 10.3 Å². The molecule has 2 atom stereocenters. The van der Waals surface area contributed by atoms with E-state index in [0.717, 1.165) is 10.4 Å². The molecule has 1 aromatic carbocycles. The molecule has 0 aliphatic heterocycles. The van der Waals surface area contributed by atoms with Crippen molar-refractivity contribution in [2.24, 2.45) is 0 Å². The maximum absolute atomic E-state index is 13.1. The third kappa shape index (κ3) is 4.16. The first kappa shape index (κ1) is 17.1. The van der Waals surface area contributed by atoms with E-state index in [9.17, 15) is 14.3 Å². The van der Waals surface area contributed by atoms with Gasteiger partial charge >= 0.3 is 0 Å². The summed E-state index contributed by atoms with van der Waals surface area (Å²) in [5.41, 5.74) is 3.15. The number of amides is 1. The number of aliphatic hydroxyl groups excluding tert-OH is 1. The van der Waals surface area contributed by atoms with Crippen LogP contribution in [0.15, 0.2) is 36.0 Å². The third-order valence-electron chi connectivity index (χ3n) is 3.04. The number of nitrogens with zero attached hydrogens (tertiary/aromatic N) is 1. The fourth-order valence-corrected chi connectivity index (χ4v) is 2.64. The molecule has 0 saturated heterocycles. The Hall–Kier alpha value is -1.21. The average Bonchev–Trinajstić information content (AvgIpc) is 3.06. The Kier molecular flexibility index (Phi) is 6.14. The van der Waals surface area contributed by atoms with Crippen LogP contribution in [0.2, 0.25) is 0 Å². The second kappa shape index (κ2) is 7.87. The van der Waals surface area contributed by atoms with Crippen molar-refractivity contribution >= 4 is 40.4 Å². The van der Waals surface area contributed by atoms with Gasteiger partial charge in [-0.15, -0.1) is 11.3 Å². The molecule has 118 valence electrons. The number of nitrogens with one attached hydrogen (secondary N) is 1.